The Morgan fingerprint density at radius 1 is 1.56 bits per heavy atom. The first-order chi connectivity index (χ1) is 8.61. The van der Waals surface area contributed by atoms with E-state index in [1.54, 1.807) is 49.6 Å². The zero-order valence-electron chi connectivity index (χ0n) is 10.0. The van der Waals surface area contributed by atoms with Gasteiger partial charge in [-0.05, 0) is 12.1 Å². The van der Waals surface area contributed by atoms with Gasteiger partial charge in [0.2, 0.25) is 0 Å². The molecule has 2 aromatic rings. The van der Waals surface area contributed by atoms with E-state index < -0.39 is 0 Å². The van der Waals surface area contributed by atoms with E-state index in [-0.39, 0.29) is 0 Å². The minimum Gasteiger partial charge on any atom is -0.393 e. The third-order valence-electron chi connectivity index (χ3n) is 2.38. The van der Waals surface area contributed by atoms with Gasteiger partial charge >= 0.3 is 5.52 Å². The molecule has 2 rings (SSSR count). The SMILES string of the molecule is CN/C=C\N(C)c1nc2ccc(Cl)cc2[n+](=O)[nH]1. The molecule has 0 radical (unpaired) electrons. The maximum absolute atomic E-state index is 11.8. The maximum Gasteiger partial charge on any atom is 0.319 e. The number of halogens is 1. The van der Waals surface area contributed by atoms with Crippen LogP contribution >= 0.6 is 11.6 Å². The van der Waals surface area contributed by atoms with Crippen molar-refractivity contribution in [3.63, 3.8) is 0 Å². The number of nitrogens with zero attached hydrogens (tertiary/aromatic N) is 3. The van der Waals surface area contributed by atoms with E-state index in [9.17, 15) is 4.91 Å². The van der Waals surface area contributed by atoms with Crippen LogP contribution in [-0.4, -0.2) is 24.2 Å². The first kappa shape index (κ1) is 12.4. The second-order valence-electron chi connectivity index (χ2n) is 3.69. The van der Waals surface area contributed by atoms with E-state index in [0.717, 1.165) is 0 Å². The maximum atomic E-state index is 11.8. The number of H-pyrrole nitrogens is 1. The molecule has 0 saturated carbocycles. The normalized spacial score (nSPS) is 11.1. The highest BCUT2D eigenvalue weighted by Gasteiger charge is 2.13. The van der Waals surface area contributed by atoms with Gasteiger partial charge in [0.1, 0.15) is 5.52 Å². The molecule has 94 valence electrons. The summed E-state index contributed by atoms with van der Waals surface area (Å²) in [5, 5.41) is 5.98. The fourth-order valence-corrected chi connectivity index (χ4v) is 1.62. The average Bonchev–Trinajstić information content (AvgIpc) is 2.36. The average molecular weight is 267 g/mol. The molecule has 0 aliphatic rings. The molecule has 6 nitrogen and oxygen atoms in total. The first-order valence-electron chi connectivity index (χ1n) is 5.31. The number of aromatic nitrogens is 3. The summed E-state index contributed by atoms with van der Waals surface area (Å²) in [6, 6.07) is 4.98. The van der Waals surface area contributed by atoms with Gasteiger partial charge in [-0.1, -0.05) is 16.7 Å². The monoisotopic (exact) mass is 266 g/mol. The molecule has 2 N–H and O–H groups in total. The Labute approximate surface area is 108 Å². The van der Waals surface area contributed by atoms with Crippen LogP contribution in [-0.2, 0) is 0 Å². The Morgan fingerprint density at radius 2 is 2.33 bits per heavy atom. The summed E-state index contributed by atoms with van der Waals surface area (Å²) in [5.41, 5.74) is 0.977. The third kappa shape index (κ3) is 2.43. The lowest BCUT2D eigenvalue weighted by Crippen LogP contribution is -2.26. The lowest BCUT2D eigenvalue weighted by molar-refractivity contribution is -0.535. The molecule has 1 aromatic heterocycles. The van der Waals surface area contributed by atoms with Crippen molar-refractivity contribution in [2.45, 2.75) is 0 Å². The Hall–Kier alpha value is -2.08. The van der Waals surface area contributed by atoms with E-state index in [4.69, 9.17) is 11.6 Å². The van der Waals surface area contributed by atoms with Gasteiger partial charge in [0, 0.05) is 37.6 Å². The van der Waals surface area contributed by atoms with Crippen molar-refractivity contribution in [2.75, 3.05) is 19.0 Å². The second-order valence-corrected chi connectivity index (χ2v) is 4.13. The van der Waals surface area contributed by atoms with Crippen LogP contribution in [0.25, 0.3) is 11.0 Å². The molecule has 1 aromatic carbocycles. The summed E-state index contributed by atoms with van der Waals surface area (Å²) in [4.78, 5) is 17.9. The predicted octanol–water partition coefficient (Wildman–Crippen LogP) is 1.26. The van der Waals surface area contributed by atoms with Gasteiger partial charge in [0.15, 0.2) is 4.54 Å². The molecule has 0 atom stereocenters. The quantitative estimate of drug-likeness (QED) is 0.821. The van der Waals surface area contributed by atoms with Crippen LogP contribution in [0.1, 0.15) is 0 Å². The van der Waals surface area contributed by atoms with Gasteiger partial charge in [-0.2, -0.15) is 0 Å². The standard InChI is InChI=1S/C11H13ClN5O/c1-13-5-6-16(2)11-14-9-4-3-8(12)7-10(9)17(18)15-11/h3-7,13H,1-2H3,(H,14,15,18)/q+1/b6-5-. The minimum absolute atomic E-state index is 0.400. The lowest BCUT2D eigenvalue weighted by atomic mass is 10.3. The molecule has 0 aliphatic carbocycles. The van der Waals surface area contributed by atoms with Crippen molar-refractivity contribution in [3.8, 4) is 0 Å². The van der Waals surface area contributed by atoms with E-state index in [1.807, 2.05) is 0 Å². The third-order valence-corrected chi connectivity index (χ3v) is 2.62. The summed E-state index contributed by atoms with van der Waals surface area (Å²) >= 11 is 5.84. The summed E-state index contributed by atoms with van der Waals surface area (Å²) in [7, 11) is 3.58. The topological polar surface area (TPSA) is 66.9 Å². The Kier molecular flexibility index (Phi) is 3.47. The number of fused-ring (bicyclic) bond motifs is 1. The molecule has 18 heavy (non-hydrogen) atoms. The molecule has 0 aliphatic heterocycles. The molecule has 0 amide bonds. The Morgan fingerprint density at radius 3 is 3.06 bits per heavy atom. The van der Waals surface area contributed by atoms with Gasteiger partial charge in [0.25, 0.3) is 5.95 Å². The number of anilines is 1. The number of aromatic amines is 1. The number of hydrogen-bond donors (Lipinski definition) is 2. The van der Waals surface area contributed by atoms with Gasteiger partial charge in [-0.3, -0.25) is 0 Å². The van der Waals surface area contributed by atoms with Crippen LogP contribution in [0.4, 0.5) is 5.95 Å². The molecule has 0 fully saturated rings. The minimum atomic E-state index is 0.400. The summed E-state index contributed by atoms with van der Waals surface area (Å²) in [6.45, 7) is 0. The summed E-state index contributed by atoms with van der Waals surface area (Å²) in [5.74, 6) is 0.436. The van der Waals surface area contributed by atoms with Crippen molar-refractivity contribution in [2.24, 2.45) is 0 Å². The molecule has 0 bridgehead atoms. The van der Waals surface area contributed by atoms with E-state index >= 15 is 0 Å². The summed E-state index contributed by atoms with van der Waals surface area (Å²) in [6.07, 6.45) is 3.48. The van der Waals surface area contributed by atoms with Crippen molar-refractivity contribution < 1.29 is 4.54 Å². The Balaban J connectivity index is 2.52. The summed E-state index contributed by atoms with van der Waals surface area (Å²) < 4.78 is 0.646. The van der Waals surface area contributed by atoms with Gasteiger partial charge < -0.3 is 10.2 Å². The van der Waals surface area contributed by atoms with Crippen LogP contribution in [0, 0.1) is 4.91 Å². The van der Waals surface area contributed by atoms with Crippen molar-refractivity contribution in [1.82, 2.24) is 15.4 Å². The van der Waals surface area contributed by atoms with Crippen molar-refractivity contribution in [3.05, 3.63) is 40.5 Å². The molecular formula is C11H13ClN5O+. The van der Waals surface area contributed by atoms with Gasteiger partial charge in [0.05, 0.1) is 4.91 Å². The lowest BCUT2D eigenvalue weighted by Gasteiger charge is -2.09. The number of rotatable bonds is 3. The van der Waals surface area contributed by atoms with Crippen LogP contribution in [0.15, 0.2) is 30.6 Å². The highest BCUT2D eigenvalue weighted by molar-refractivity contribution is 6.31. The largest absolute Gasteiger partial charge is 0.393 e. The molecule has 1 heterocycles. The van der Waals surface area contributed by atoms with Crippen LogP contribution in [0.2, 0.25) is 5.02 Å². The Bertz CT molecular complexity index is 651. The molecular weight excluding hydrogens is 254 g/mol. The van der Waals surface area contributed by atoms with Crippen LogP contribution < -0.4 is 14.8 Å². The van der Waals surface area contributed by atoms with Crippen molar-refractivity contribution >= 4 is 28.6 Å². The number of hydrogen-bond acceptors (Lipinski definition) is 4. The first-order valence-corrected chi connectivity index (χ1v) is 5.68. The molecule has 7 heteroatoms. The van der Waals surface area contributed by atoms with E-state index in [0.29, 0.717) is 26.5 Å². The van der Waals surface area contributed by atoms with Crippen LogP contribution in [0.5, 0.6) is 0 Å². The van der Waals surface area contributed by atoms with Crippen molar-refractivity contribution in [1.29, 1.82) is 0 Å². The molecule has 0 spiro atoms. The van der Waals surface area contributed by atoms with E-state index in [1.165, 1.54) is 0 Å². The van der Waals surface area contributed by atoms with Gasteiger partial charge in [-0.15, -0.1) is 0 Å². The smallest absolute Gasteiger partial charge is 0.319 e. The van der Waals surface area contributed by atoms with Crippen LogP contribution in [0.3, 0.4) is 0 Å². The van der Waals surface area contributed by atoms with Gasteiger partial charge in [-0.25, -0.2) is 4.98 Å². The zero-order valence-corrected chi connectivity index (χ0v) is 10.8. The van der Waals surface area contributed by atoms with E-state index in [2.05, 4.69) is 15.4 Å². The molecule has 0 saturated heterocycles. The highest BCUT2D eigenvalue weighted by Crippen LogP contribution is 2.15. The zero-order chi connectivity index (χ0) is 13.1. The second kappa shape index (κ2) is 5.05. The fourth-order valence-electron chi connectivity index (χ4n) is 1.46. The predicted molar refractivity (Wildman–Crippen MR) is 71.1 cm³/mol. The number of nitrogens with one attached hydrogen (secondary N) is 2. The fraction of sp³-hybridized carbons (Fsp3) is 0.182. The highest BCUT2D eigenvalue weighted by atomic mass is 35.5. The molecule has 0 unspecified atom stereocenters. The number of benzene rings is 1.